The van der Waals surface area contributed by atoms with E-state index in [9.17, 15) is 0 Å². The van der Waals surface area contributed by atoms with Crippen molar-refractivity contribution in [2.24, 2.45) is 0 Å². The van der Waals surface area contributed by atoms with Gasteiger partial charge in [0.25, 0.3) is 0 Å². The van der Waals surface area contributed by atoms with E-state index in [2.05, 4.69) is 20.3 Å². The predicted molar refractivity (Wildman–Crippen MR) is 63.3 cm³/mol. The summed E-state index contributed by atoms with van der Waals surface area (Å²) in [6.45, 7) is 2.51. The molecule has 4 nitrogen and oxygen atoms in total. The van der Waals surface area contributed by atoms with Gasteiger partial charge in [0.2, 0.25) is 0 Å². The third kappa shape index (κ3) is 2.90. The van der Waals surface area contributed by atoms with Gasteiger partial charge in [0.15, 0.2) is 0 Å². The molecule has 0 radical (unpaired) electrons. The van der Waals surface area contributed by atoms with E-state index in [0.29, 0.717) is 11.6 Å². The lowest BCUT2D eigenvalue weighted by atomic mass is 10.4. The molecule has 5 heteroatoms. The number of hydrogen-bond acceptors (Lipinski definition) is 4. The van der Waals surface area contributed by atoms with Gasteiger partial charge in [-0.2, -0.15) is 0 Å². The van der Waals surface area contributed by atoms with Crippen molar-refractivity contribution < 1.29 is 0 Å². The zero-order valence-electron chi connectivity index (χ0n) is 8.81. The van der Waals surface area contributed by atoms with Crippen LogP contribution in [0.5, 0.6) is 0 Å². The van der Waals surface area contributed by atoms with Crippen LogP contribution in [0.15, 0.2) is 30.7 Å². The normalized spacial score (nSPS) is 10.1. The third-order valence-corrected chi connectivity index (χ3v) is 2.24. The molecule has 0 fully saturated rings. The minimum absolute atomic E-state index is 0.599. The Labute approximate surface area is 98.7 Å². The van der Waals surface area contributed by atoms with Crippen molar-refractivity contribution >= 4 is 17.4 Å². The molecule has 0 aliphatic heterocycles. The summed E-state index contributed by atoms with van der Waals surface area (Å²) < 4.78 is 0. The molecule has 0 bridgehead atoms. The first-order valence-corrected chi connectivity index (χ1v) is 5.25. The molecule has 0 aromatic carbocycles. The molecule has 0 aliphatic carbocycles. The smallest absolute Gasteiger partial charge is 0.126 e. The van der Waals surface area contributed by atoms with Crippen molar-refractivity contribution in [2.75, 3.05) is 5.32 Å². The number of aryl methyl sites for hydroxylation is 1. The highest BCUT2D eigenvalue weighted by atomic mass is 35.5. The lowest BCUT2D eigenvalue weighted by molar-refractivity contribution is 0.977. The standard InChI is InChI=1S/C11H11ClN4/c1-8-4-14-10(6-13-8)7-16-11-3-2-9(12)5-15-11/h2-6H,7H2,1H3,(H,15,16). The van der Waals surface area contributed by atoms with Crippen molar-refractivity contribution in [3.05, 3.63) is 47.1 Å². The Morgan fingerprint density at radius 1 is 1.12 bits per heavy atom. The van der Waals surface area contributed by atoms with E-state index >= 15 is 0 Å². The van der Waals surface area contributed by atoms with Crippen LogP contribution < -0.4 is 5.32 Å². The van der Waals surface area contributed by atoms with E-state index < -0.39 is 0 Å². The van der Waals surface area contributed by atoms with Crippen LogP contribution in [0.4, 0.5) is 5.82 Å². The molecular formula is C11H11ClN4. The van der Waals surface area contributed by atoms with Crippen LogP contribution in [0, 0.1) is 6.92 Å². The van der Waals surface area contributed by atoms with Gasteiger partial charge in [-0.3, -0.25) is 9.97 Å². The zero-order chi connectivity index (χ0) is 11.4. The highest BCUT2D eigenvalue weighted by molar-refractivity contribution is 6.30. The Kier molecular flexibility index (Phi) is 3.31. The zero-order valence-corrected chi connectivity index (χ0v) is 9.57. The van der Waals surface area contributed by atoms with E-state index in [4.69, 9.17) is 11.6 Å². The van der Waals surface area contributed by atoms with E-state index in [1.165, 1.54) is 0 Å². The molecule has 0 saturated carbocycles. The van der Waals surface area contributed by atoms with Crippen LogP contribution in [-0.2, 0) is 6.54 Å². The highest BCUT2D eigenvalue weighted by Crippen LogP contribution is 2.10. The number of halogens is 1. The number of anilines is 1. The average Bonchev–Trinajstić information content (AvgIpc) is 2.30. The molecule has 2 aromatic heterocycles. The molecule has 0 atom stereocenters. The van der Waals surface area contributed by atoms with Crippen LogP contribution >= 0.6 is 11.6 Å². The molecule has 2 aromatic rings. The SMILES string of the molecule is Cc1cnc(CNc2ccc(Cl)cn2)cn1. The fourth-order valence-electron chi connectivity index (χ4n) is 1.17. The molecule has 0 aliphatic rings. The second-order valence-corrected chi connectivity index (χ2v) is 3.80. The van der Waals surface area contributed by atoms with Crippen LogP contribution in [0.3, 0.4) is 0 Å². The Morgan fingerprint density at radius 2 is 2.00 bits per heavy atom. The van der Waals surface area contributed by atoms with Gasteiger partial charge in [-0.25, -0.2) is 4.98 Å². The minimum Gasteiger partial charge on any atom is -0.364 e. The largest absolute Gasteiger partial charge is 0.364 e. The van der Waals surface area contributed by atoms with E-state index in [1.54, 1.807) is 24.7 Å². The van der Waals surface area contributed by atoms with Crippen molar-refractivity contribution in [1.29, 1.82) is 0 Å². The van der Waals surface area contributed by atoms with Gasteiger partial charge in [0, 0.05) is 12.4 Å². The highest BCUT2D eigenvalue weighted by Gasteiger charge is 1.97. The van der Waals surface area contributed by atoms with Gasteiger partial charge in [0.05, 0.1) is 29.2 Å². The second kappa shape index (κ2) is 4.90. The Bertz CT molecular complexity index is 407. The topological polar surface area (TPSA) is 50.7 Å². The molecule has 0 unspecified atom stereocenters. The van der Waals surface area contributed by atoms with Gasteiger partial charge in [-0.05, 0) is 19.1 Å². The summed E-state index contributed by atoms with van der Waals surface area (Å²) in [6, 6.07) is 3.61. The van der Waals surface area contributed by atoms with Crippen LogP contribution in [0.25, 0.3) is 0 Å². The molecule has 0 amide bonds. The third-order valence-electron chi connectivity index (χ3n) is 2.01. The summed E-state index contributed by atoms with van der Waals surface area (Å²) in [7, 11) is 0. The summed E-state index contributed by atoms with van der Waals surface area (Å²) in [4.78, 5) is 12.5. The second-order valence-electron chi connectivity index (χ2n) is 3.36. The van der Waals surface area contributed by atoms with E-state index in [1.807, 2.05) is 13.0 Å². The number of nitrogens with one attached hydrogen (secondary N) is 1. The maximum Gasteiger partial charge on any atom is 0.126 e. The fraction of sp³-hybridized carbons (Fsp3) is 0.182. The van der Waals surface area contributed by atoms with Gasteiger partial charge in [-0.1, -0.05) is 11.6 Å². The first-order valence-electron chi connectivity index (χ1n) is 4.87. The lowest BCUT2D eigenvalue weighted by Gasteiger charge is -2.04. The molecule has 1 N–H and O–H groups in total. The van der Waals surface area contributed by atoms with Crippen LogP contribution in [0.2, 0.25) is 5.02 Å². The minimum atomic E-state index is 0.599. The molecule has 16 heavy (non-hydrogen) atoms. The van der Waals surface area contributed by atoms with Crippen molar-refractivity contribution in [3.63, 3.8) is 0 Å². The van der Waals surface area contributed by atoms with Crippen molar-refractivity contribution in [3.8, 4) is 0 Å². The Hall–Kier alpha value is -1.68. The molecule has 0 saturated heterocycles. The summed E-state index contributed by atoms with van der Waals surface area (Å²) >= 11 is 5.73. The van der Waals surface area contributed by atoms with Gasteiger partial charge in [-0.15, -0.1) is 0 Å². The number of rotatable bonds is 3. The van der Waals surface area contributed by atoms with Crippen molar-refractivity contribution in [1.82, 2.24) is 15.0 Å². The van der Waals surface area contributed by atoms with Gasteiger partial charge < -0.3 is 5.32 Å². The fourth-order valence-corrected chi connectivity index (χ4v) is 1.28. The van der Waals surface area contributed by atoms with E-state index in [-0.39, 0.29) is 0 Å². The van der Waals surface area contributed by atoms with Crippen LogP contribution in [-0.4, -0.2) is 15.0 Å². The summed E-state index contributed by atoms with van der Waals surface area (Å²) in [5, 5.41) is 3.76. The monoisotopic (exact) mass is 234 g/mol. The van der Waals surface area contributed by atoms with Crippen LogP contribution in [0.1, 0.15) is 11.4 Å². The molecule has 2 heterocycles. The Balaban J connectivity index is 1.97. The lowest BCUT2D eigenvalue weighted by Crippen LogP contribution is -2.03. The van der Waals surface area contributed by atoms with Gasteiger partial charge >= 0.3 is 0 Å². The first kappa shape index (κ1) is 10.8. The summed E-state index contributed by atoms with van der Waals surface area (Å²) in [5.74, 6) is 0.770. The molecule has 0 spiro atoms. The maximum absolute atomic E-state index is 5.73. The number of hydrogen-bond donors (Lipinski definition) is 1. The number of pyridine rings is 1. The van der Waals surface area contributed by atoms with Gasteiger partial charge in [0.1, 0.15) is 5.82 Å². The maximum atomic E-state index is 5.73. The number of aromatic nitrogens is 3. The summed E-state index contributed by atoms with van der Waals surface area (Å²) in [6.07, 6.45) is 5.09. The quantitative estimate of drug-likeness (QED) is 0.886. The summed E-state index contributed by atoms with van der Waals surface area (Å²) in [5.41, 5.74) is 1.79. The Morgan fingerprint density at radius 3 is 2.62 bits per heavy atom. The number of nitrogens with zero attached hydrogens (tertiary/aromatic N) is 3. The average molecular weight is 235 g/mol. The first-order chi connectivity index (χ1) is 7.74. The molecule has 2 rings (SSSR count). The van der Waals surface area contributed by atoms with Crippen molar-refractivity contribution in [2.45, 2.75) is 13.5 Å². The molecule has 82 valence electrons. The molecular weight excluding hydrogens is 224 g/mol. The predicted octanol–water partition coefficient (Wildman–Crippen LogP) is 2.45. The van der Waals surface area contributed by atoms with E-state index in [0.717, 1.165) is 17.2 Å².